The lowest BCUT2D eigenvalue weighted by Gasteiger charge is -2.38. The van der Waals surface area contributed by atoms with E-state index in [1.807, 2.05) is 18.2 Å². The molecule has 1 fully saturated rings. The van der Waals surface area contributed by atoms with Gasteiger partial charge in [-0.1, -0.05) is 24.3 Å². The number of nitrogens with one attached hydrogen (secondary N) is 1. The number of para-hydroxylation sites is 1. The molecule has 3 N–H and O–H groups in total. The summed E-state index contributed by atoms with van der Waals surface area (Å²) in [6.07, 6.45) is 6.13. The van der Waals surface area contributed by atoms with Gasteiger partial charge in [-0.3, -0.25) is 14.2 Å². The Kier molecular flexibility index (Phi) is 7.75. The molecule has 1 saturated carbocycles. The fraction of sp³-hybridized carbons (Fsp3) is 0.182. The first-order valence-electron chi connectivity index (χ1n) is 14.5. The van der Waals surface area contributed by atoms with Crippen LogP contribution < -0.4 is 21.6 Å². The summed E-state index contributed by atoms with van der Waals surface area (Å²) in [6.45, 7) is 0.221. The van der Waals surface area contributed by atoms with E-state index in [1.54, 1.807) is 80.8 Å². The van der Waals surface area contributed by atoms with Crippen LogP contribution in [0.1, 0.15) is 23.2 Å². The summed E-state index contributed by atoms with van der Waals surface area (Å²) < 4.78 is 2.41. The normalized spacial score (nSPS) is 14.4. The molecule has 45 heavy (non-hydrogen) atoms. The zero-order chi connectivity index (χ0) is 31.7. The quantitative estimate of drug-likeness (QED) is 0.146. The van der Waals surface area contributed by atoms with E-state index < -0.39 is 5.69 Å². The minimum Gasteiger partial charge on any atom is -0.633 e. The van der Waals surface area contributed by atoms with Gasteiger partial charge >= 0.3 is 5.69 Å². The number of nitrogens with zero attached hydrogens (tertiary/aromatic N) is 6. The Hall–Kier alpha value is -5.59. The van der Waals surface area contributed by atoms with Crippen molar-refractivity contribution >= 4 is 40.2 Å². The molecule has 5 aromatic rings. The summed E-state index contributed by atoms with van der Waals surface area (Å²) in [6, 6.07) is 22.7. The van der Waals surface area contributed by atoms with Crippen LogP contribution in [0.15, 0.2) is 102 Å². The molecule has 1 unspecified atom stereocenters. The van der Waals surface area contributed by atoms with Gasteiger partial charge in [0, 0.05) is 42.9 Å². The van der Waals surface area contributed by atoms with Gasteiger partial charge in [0.25, 0.3) is 11.8 Å². The first-order chi connectivity index (χ1) is 21.6. The number of anilines is 3. The maximum absolute atomic E-state index is 14.0. The van der Waals surface area contributed by atoms with Gasteiger partial charge in [-0.05, 0) is 60.7 Å². The second kappa shape index (κ2) is 11.8. The smallest absolute Gasteiger partial charge is 0.339 e. The van der Waals surface area contributed by atoms with E-state index >= 15 is 0 Å². The number of hydrogen-bond acceptors (Lipinski definition) is 7. The molecular formula is C33H32N8O4. The van der Waals surface area contributed by atoms with E-state index in [4.69, 9.17) is 5.73 Å². The van der Waals surface area contributed by atoms with Gasteiger partial charge in [0.1, 0.15) is 11.8 Å². The van der Waals surface area contributed by atoms with Crippen LogP contribution in [0.4, 0.5) is 17.2 Å². The number of rotatable bonds is 9. The minimum atomic E-state index is -0.461. The van der Waals surface area contributed by atoms with Crippen molar-refractivity contribution in [2.45, 2.75) is 18.9 Å². The lowest BCUT2D eigenvalue weighted by atomic mass is 10.2. The highest BCUT2D eigenvalue weighted by Gasteiger charge is 2.34. The number of amides is 2. The van der Waals surface area contributed by atoms with E-state index in [1.165, 1.54) is 26.4 Å². The second-order valence-corrected chi connectivity index (χ2v) is 11.2. The summed E-state index contributed by atoms with van der Waals surface area (Å²) in [7, 11) is 3.25. The monoisotopic (exact) mass is 604 g/mol. The number of nitrogen functional groups attached to an aromatic ring is 1. The highest BCUT2D eigenvalue weighted by molar-refractivity contribution is 6.04. The molecule has 228 valence electrons. The van der Waals surface area contributed by atoms with Gasteiger partial charge < -0.3 is 25.8 Å². The maximum atomic E-state index is 14.0. The van der Waals surface area contributed by atoms with Gasteiger partial charge in [0.05, 0.1) is 31.0 Å². The number of likely N-dealkylation sites (N-methyl/N-ethyl adjacent to an activating group) is 2. The van der Waals surface area contributed by atoms with E-state index in [0.717, 1.165) is 12.8 Å². The zero-order valence-electron chi connectivity index (χ0n) is 24.8. The molecule has 0 saturated heterocycles. The molecule has 2 heterocycles. The van der Waals surface area contributed by atoms with Gasteiger partial charge in [0.15, 0.2) is 11.5 Å². The number of carbonyl (C=O) groups is 2. The zero-order valence-corrected chi connectivity index (χ0v) is 24.8. The third kappa shape index (κ3) is 5.96. The largest absolute Gasteiger partial charge is 0.633 e. The van der Waals surface area contributed by atoms with Crippen LogP contribution in [0.5, 0.6) is 0 Å². The maximum Gasteiger partial charge on any atom is 0.339 e. The number of quaternary nitrogens is 1. The molecule has 0 radical (unpaired) electrons. The Balaban J connectivity index is 1.31. The second-order valence-electron chi connectivity index (χ2n) is 11.2. The first kappa shape index (κ1) is 29.5. The van der Waals surface area contributed by atoms with Crippen molar-refractivity contribution in [1.82, 2.24) is 19.1 Å². The summed E-state index contributed by atoms with van der Waals surface area (Å²) in [5.74, 6) is -0.495. The SMILES string of the molecule is CN(C(=O)C=CC[N+](C)([O-])C1CC1)c1cccc(-n2c(=O)n(-c3ccc(C(=O)Nc4ccccc4)cc3)c3c(N)ncnc32)c1. The molecule has 12 nitrogen and oxygen atoms in total. The molecule has 0 bridgehead atoms. The van der Waals surface area contributed by atoms with Crippen LogP contribution in [0.2, 0.25) is 0 Å². The molecule has 1 aliphatic carbocycles. The van der Waals surface area contributed by atoms with Gasteiger partial charge in [-0.2, -0.15) is 0 Å². The van der Waals surface area contributed by atoms with E-state index in [-0.39, 0.29) is 40.5 Å². The molecule has 6 rings (SSSR count). The van der Waals surface area contributed by atoms with Crippen LogP contribution in [0.25, 0.3) is 22.5 Å². The Morgan fingerprint density at radius 2 is 1.76 bits per heavy atom. The summed E-state index contributed by atoms with van der Waals surface area (Å²) in [5, 5.41) is 15.4. The third-order valence-electron chi connectivity index (χ3n) is 7.92. The van der Waals surface area contributed by atoms with Crippen molar-refractivity contribution in [1.29, 1.82) is 0 Å². The van der Waals surface area contributed by atoms with Gasteiger partial charge in [-0.15, -0.1) is 0 Å². The molecular weight excluding hydrogens is 572 g/mol. The topological polar surface area (TPSA) is 151 Å². The van der Waals surface area contributed by atoms with Crippen molar-refractivity contribution in [3.05, 3.63) is 119 Å². The molecule has 0 aliphatic heterocycles. The van der Waals surface area contributed by atoms with E-state index in [2.05, 4.69) is 15.3 Å². The van der Waals surface area contributed by atoms with Crippen LogP contribution >= 0.6 is 0 Å². The highest BCUT2D eigenvalue weighted by atomic mass is 16.5. The Morgan fingerprint density at radius 3 is 2.47 bits per heavy atom. The molecule has 2 aromatic heterocycles. The first-order valence-corrected chi connectivity index (χ1v) is 14.5. The molecule has 0 spiro atoms. The van der Waals surface area contributed by atoms with Crippen LogP contribution in [-0.2, 0) is 4.79 Å². The Labute approximate surface area is 258 Å². The predicted molar refractivity (Wildman–Crippen MR) is 173 cm³/mol. The molecule has 1 atom stereocenters. The molecule has 1 aliphatic rings. The van der Waals surface area contributed by atoms with Crippen LogP contribution in [0.3, 0.4) is 0 Å². The molecule has 3 aromatic carbocycles. The number of hydroxylamine groups is 3. The minimum absolute atomic E-state index is 0.102. The highest BCUT2D eigenvalue weighted by Crippen LogP contribution is 2.31. The number of imidazole rings is 1. The van der Waals surface area contributed by atoms with Crippen molar-refractivity contribution in [2.75, 3.05) is 36.6 Å². The van der Waals surface area contributed by atoms with Gasteiger partial charge in [0.2, 0.25) is 0 Å². The third-order valence-corrected chi connectivity index (χ3v) is 7.92. The van der Waals surface area contributed by atoms with Gasteiger partial charge in [-0.25, -0.2) is 19.3 Å². The summed E-state index contributed by atoms with van der Waals surface area (Å²) in [4.78, 5) is 49.7. The summed E-state index contributed by atoms with van der Waals surface area (Å²) in [5.41, 5.74) is 8.91. The van der Waals surface area contributed by atoms with Crippen LogP contribution in [-0.4, -0.2) is 62.2 Å². The molecule has 12 heteroatoms. The van der Waals surface area contributed by atoms with Crippen molar-refractivity contribution in [3.8, 4) is 11.4 Å². The fourth-order valence-corrected chi connectivity index (χ4v) is 5.22. The van der Waals surface area contributed by atoms with Crippen molar-refractivity contribution in [2.24, 2.45) is 0 Å². The van der Waals surface area contributed by atoms with Crippen molar-refractivity contribution in [3.63, 3.8) is 0 Å². The number of hydrogen-bond donors (Lipinski definition) is 2. The predicted octanol–water partition coefficient (Wildman–Crippen LogP) is 4.03. The standard InChI is InChI=1S/C33H32N8O4/c1-38(28(42)12-7-19-41(2,45)27-17-18-27)25-10-6-11-26(20-25)40-31-29(30(34)35-21-36-31)39(33(40)44)24-15-13-22(14-16-24)32(43)37-23-8-4-3-5-9-23/h3-16,20-21,27H,17-19H2,1-2H3,(H,37,43)(H2,34,35,36). The number of benzene rings is 3. The number of carbonyl (C=O) groups excluding carboxylic acids is 2. The lowest BCUT2D eigenvalue weighted by molar-refractivity contribution is -0.865. The van der Waals surface area contributed by atoms with E-state index in [0.29, 0.717) is 33.8 Å². The lowest BCUT2D eigenvalue weighted by Crippen LogP contribution is -2.40. The molecule has 2 amide bonds. The average Bonchev–Trinajstić information content (AvgIpc) is 3.86. The number of aromatic nitrogens is 4. The van der Waals surface area contributed by atoms with Crippen molar-refractivity contribution < 1.29 is 14.2 Å². The Morgan fingerprint density at radius 1 is 1.02 bits per heavy atom. The van der Waals surface area contributed by atoms with Crippen LogP contribution in [0, 0.1) is 5.21 Å². The summed E-state index contributed by atoms with van der Waals surface area (Å²) >= 11 is 0. The number of nitrogens with two attached hydrogens (primary N) is 1. The average molecular weight is 605 g/mol. The Bertz CT molecular complexity index is 1980. The fourth-order valence-electron chi connectivity index (χ4n) is 5.22. The number of fused-ring (bicyclic) bond motifs is 1. The van der Waals surface area contributed by atoms with E-state index in [9.17, 15) is 19.6 Å².